The molecule has 0 aromatic heterocycles. The Labute approximate surface area is 191 Å². The SMILES string of the molecule is C#Cc1c(Cl)ccc2c1C(c1ccc(N)cc1)(c1ccc(N)cc1)c1cc(Cl)ccc1-2. The number of rotatable bonds is 2. The van der Waals surface area contributed by atoms with Crippen LogP contribution >= 0.6 is 23.2 Å². The molecule has 4 heteroatoms. The predicted molar refractivity (Wildman–Crippen MR) is 131 cm³/mol. The highest BCUT2D eigenvalue weighted by molar-refractivity contribution is 6.32. The third kappa shape index (κ3) is 2.75. The number of terminal acetylenes is 1. The fourth-order valence-electron chi connectivity index (χ4n) is 4.76. The first-order valence-corrected chi connectivity index (χ1v) is 10.5. The average molecular weight is 441 g/mol. The summed E-state index contributed by atoms with van der Waals surface area (Å²) in [5, 5.41) is 1.19. The summed E-state index contributed by atoms with van der Waals surface area (Å²) in [7, 11) is 0. The highest BCUT2D eigenvalue weighted by Gasteiger charge is 2.48. The first kappa shape index (κ1) is 19.6. The topological polar surface area (TPSA) is 52.0 Å². The summed E-state index contributed by atoms with van der Waals surface area (Å²) in [6.45, 7) is 0. The molecule has 1 aliphatic rings. The maximum absolute atomic E-state index is 6.63. The van der Waals surface area contributed by atoms with Gasteiger partial charge in [0.2, 0.25) is 0 Å². The molecule has 0 radical (unpaired) electrons. The van der Waals surface area contributed by atoms with E-state index in [9.17, 15) is 0 Å². The van der Waals surface area contributed by atoms with Crippen molar-refractivity contribution in [2.24, 2.45) is 0 Å². The number of fused-ring (bicyclic) bond motifs is 3. The van der Waals surface area contributed by atoms with E-state index in [-0.39, 0.29) is 0 Å². The van der Waals surface area contributed by atoms with E-state index in [1.165, 1.54) is 0 Å². The van der Waals surface area contributed by atoms with Gasteiger partial charge in [0.15, 0.2) is 0 Å². The Balaban J connectivity index is 2.03. The van der Waals surface area contributed by atoms with Gasteiger partial charge < -0.3 is 11.5 Å². The standard InChI is InChI=1S/C27H18Cl2N2/c1-2-21-25(29)14-13-23-22-12-7-18(28)15-24(22)27(26(21)23,16-3-8-19(30)9-4-16)17-5-10-20(31)11-6-17/h1,3-15H,30-31H2. The fraction of sp³-hybridized carbons (Fsp3) is 0.0370. The van der Waals surface area contributed by atoms with Crippen LogP contribution in [-0.2, 0) is 5.41 Å². The van der Waals surface area contributed by atoms with Crippen LogP contribution in [0.25, 0.3) is 11.1 Å². The van der Waals surface area contributed by atoms with Crippen molar-refractivity contribution < 1.29 is 0 Å². The lowest BCUT2D eigenvalue weighted by atomic mass is 9.66. The van der Waals surface area contributed by atoms with Gasteiger partial charge in [-0.05, 0) is 75.8 Å². The monoisotopic (exact) mass is 440 g/mol. The molecule has 150 valence electrons. The highest BCUT2D eigenvalue weighted by atomic mass is 35.5. The van der Waals surface area contributed by atoms with Crippen LogP contribution in [0.2, 0.25) is 10.0 Å². The molecule has 0 unspecified atom stereocenters. The normalized spacial score (nSPS) is 13.3. The van der Waals surface area contributed by atoms with Crippen molar-refractivity contribution in [3.8, 4) is 23.5 Å². The summed E-state index contributed by atoms with van der Waals surface area (Å²) in [4.78, 5) is 0. The van der Waals surface area contributed by atoms with Crippen LogP contribution in [0.15, 0.2) is 78.9 Å². The Kier molecular flexibility index (Phi) is 4.48. The Morgan fingerprint density at radius 3 is 1.81 bits per heavy atom. The molecular weight excluding hydrogens is 423 g/mol. The summed E-state index contributed by atoms with van der Waals surface area (Å²) in [5.41, 5.74) is 19.5. The summed E-state index contributed by atoms with van der Waals surface area (Å²) >= 11 is 13.1. The van der Waals surface area contributed by atoms with Crippen LogP contribution in [0.5, 0.6) is 0 Å². The number of hydrogen-bond donors (Lipinski definition) is 2. The van der Waals surface area contributed by atoms with Crippen molar-refractivity contribution in [3.05, 3.63) is 117 Å². The molecular formula is C27H18Cl2N2. The first-order valence-electron chi connectivity index (χ1n) is 9.79. The lowest BCUT2D eigenvalue weighted by Crippen LogP contribution is -2.29. The van der Waals surface area contributed by atoms with E-state index in [4.69, 9.17) is 41.1 Å². The lowest BCUT2D eigenvalue weighted by Gasteiger charge is -2.35. The Morgan fingerprint density at radius 1 is 0.710 bits per heavy atom. The van der Waals surface area contributed by atoms with E-state index in [1.807, 2.05) is 78.9 Å². The number of hydrogen-bond acceptors (Lipinski definition) is 2. The molecule has 4 aromatic carbocycles. The van der Waals surface area contributed by atoms with Crippen molar-refractivity contribution in [1.82, 2.24) is 0 Å². The zero-order valence-electron chi connectivity index (χ0n) is 16.5. The van der Waals surface area contributed by atoms with Crippen LogP contribution in [0.1, 0.15) is 27.8 Å². The summed E-state index contributed by atoms with van der Waals surface area (Å²) < 4.78 is 0. The van der Waals surface area contributed by atoms with Gasteiger partial charge in [0, 0.05) is 22.0 Å². The summed E-state index contributed by atoms with van der Waals surface area (Å²) in [6.07, 6.45) is 6.01. The van der Waals surface area contributed by atoms with Crippen molar-refractivity contribution >= 4 is 34.6 Å². The molecule has 0 bridgehead atoms. The van der Waals surface area contributed by atoms with E-state index < -0.39 is 5.41 Å². The summed E-state index contributed by atoms with van der Waals surface area (Å²) in [5.74, 6) is 2.85. The van der Waals surface area contributed by atoms with Crippen LogP contribution in [-0.4, -0.2) is 0 Å². The van der Waals surface area contributed by atoms with Crippen LogP contribution < -0.4 is 11.5 Å². The number of anilines is 2. The van der Waals surface area contributed by atoms with E-state index >= 15 is 0 Å². The minimum absolute atomic E-state index is 0.537. The molecule has 0 fully saturated rings. The van der Waals surface area contributed by atoms with Gasteiger partial charge in [-0.15, -0.1) is 6.42 Å². The lowest BCUT2D eigenvalue weighted by molar-refractivity contribution is 0.766. The zero-order valence-corrected chi connectivity index (χ0v) is 18.0. The smallest absolute Gasteiger partial charge is 0.0726 e. The van der Waals surface area contributed by atoms with Gasteiger partial charge in [-0.1, -0.05) is 65.5 Å². The molecule has 0 spiro atoms. The highest BCUT2D eigenvalue weighted by Crippen LogP contribution is 2.58. The molecule has 0 amide bonds. The molecule has 2 nitrogen and oxygen atoms in total. The summed E-state index contributed by atoms with van der Waals surface area (Å²) in [6, 6.07) is 25.6. The average Bonchev–Trinajstić information content (AvgIpc) is 3.05. The van der Waals surface area contributed by atoms with Crippen LogP contribution in [0.3, 0.4) is 0 Å². The second-order valence-electron chi connectivity index (χ2n) is 7.67. The van der Waals surface area contributed by atoms with E-state index in [0.717, 1.165) is 33.4 Å². The third-order valence-electron chi connectivity index (χ3n) is 6.04. The van der Waals surface area contributed by atoms with Crippen molar-refractivity contribution in [1.29, 1.82) is 0 Å². The van der Waals surface area contributed by atoms with E-state index in [1.54, 1.807) is 0 Å². The number of benzene rings is 4. The quantitative estimate of drug-likeness (QED) is 0.243. The molecule has 0 heterocycles. The van der Waals surface area contributed by atoms with Gasteiger partial charge in [0.1, 0.15) is 0 Å². The maximum atomic E-state index is 6.63. The first-order chi connectivity index (χ1) is 15.0. The van der Waals surface area contributed by atoms with Gasteiger partial charge in [-0.3, -0.25) is 0 Å². The Morgan fingerprint density at radius 2 is 1.26 bits per heavy atom. The zero-order chi connectivity index (χ0) is 21.8. The second-order valence-corrected chi connectivity index (χ2v) is 8.52. The van der Waals surface area contributed by atoms with Gasteiger partial charge >= 0.3 is 0 Å². The maximum Gasteiger partial charge on any atom is 0.0726 e. The molecule has 5 rings (SSSR count). The van der Waals surface area contributed by atoms with E-state index in [2.05, 4.69) is 5.92 Å². The largest absolute Gasteiger partial charge is 0.399 e. The minimum Gasteiger partial charge on any atom is -0.399 e. The molecule has 0 saturated carbocycles. The van der Waals surface area contributed by atoms with Crippen molar-refractivity contribution in [2.75, 3.05) is 11.5 Å². The van der Waals surface area contributed by atoms with Gasteiger partial charge in [0.25, 0.3) is 0 Å². The van der Waals surface area contributed by atoms with Crippen molar-refractivity contribution in [3.63, 3.8) is 0 Å². The van der Waals surface area contributed by atoms with Gasteiger partial charge in [0.05, 0.1) is 10.4 Å². The Hall–Kier alpha value is -3.38. The number of nitrogens with two attached hydrogens (primary N) is 2. The molecule has 0 saturated heterocycles. The molecule has 4 aromatic rings. The van der Waals surface area contributed by atoms with Crippen molar-refractivity contribution in [2.45, 2.75) is 5.41 Å². The molecule has 4 N–H and O–H groups in total. The van der Waals surface area contributed by atoms with Crippen LogP contribution in [0.4, 0.5) is 11.4 Å². The van der Waals surface area contributed by atoms with Crippen LogP contribution in [0, 0.1) is 12.3 Å². The number of nitrogen functional groups attached to an aromatic ring is 2. The predicted octanol–water partition coefficient (Wildman–Crippen LogP) is 6.50. The van der Waals surface area contributed by atoms with E-state index in [0.29, 0.717) is 27.0 Å². The minimum atomic E-state index is -0.719. The second kappa shape index (κ2) is 7.10. The third-order valence-corrected chi connectivity index (χ3v) is 6.59. The number of halogens is 2. The fourth-order valence-corrected chi connectivity index (χ4v) is 5.15. The molecule has 0 atom stereocenters. The molecule has 0 aliphatic heterocycles. The Bertz CT molecular complexity index is 1320. The molecule has 31 heavy (non-hydrogen) atoms. The van der Waals surface area contributed by atoms with Gasteiger partial charge in [-0.2, -0.15) is 0 Å². The van der Waals surface area contributed by atoms with Gasteiger partial charge in [-0.25, -0.2) is 0 Å². The molecule has 1 aliphatic carbocycles.